The average molecular weight is 464 g/mol. The Morgan fingerprint density at radius 2 is 1.67 bits per heavy atom. The van der Waals surface area contributed by atoms with Crippen LogP contribution >= 0.6 is 0 Å². The van der Waals surface area contributed by atoms with E-state index in [0.717, 1.165) is 5.56 Å². The van der Waals surface area contributed by atoms with E-state index in [-0.39, 0.29) is 15.3 Å². The largest absolute Gasteiger partial charge is 0.493 e. The molecular weight excluding hydrogens is 442 g/mol. The molecule has 0 saturated heterocycles. The third-order valence-corrected chi connectivity index (χ3v) is 7.07. The van der Waals surface area contributed by atoms with Crippen molar-refractivity contribution in [3.63, 3.8) is 0 Å². The molecule has 33 heavy (non-hydrogen) atoms. The van der Waals surface area contributed by atoms with E-state index >= 15 is 0 Å². The summed E-state index contributed by atoms with van der Waals surface area (Å²) in [5, 5.41) is 0.584. The zero-order chi connectivity index (χ0) is 23.0. The third kappa shape index (κ3) is 3.93. The highest BCUT2D eigenvalue weighted by Crippen LogP contribution is 2.34. The van der Waals surface area contributed by atoms with Gasteiger partial charge in [-0.05, 0) is 43.3 Å². The topological polar surface area (TPSA) is 87.3 Å². The smallest absolute Gasteiger partial charge is 0.239 e. The zero-order valence-electron chi connectivity index (χ0n) is 18.1. The summed E-state index contributed by atoms with van der Waals surface area (Å²) in [6, 6.07) is 18.7. The molecule has 5 rings (SSSR count). The van der Waals surface area contributed by atoms with Crippen molar-refractivity contribution in [3.05, 3.63) is 77.8 Å². The minimum absolute atomic E-state index is 0.0398. The molecule has 0 aliphatic carbocycles. The summed E-state index contributed by atoms with van der Waals surface area (Å²) in [5.41, 5.74) is 1.78. The lowest BCUT2D eigenvalue weighted by Gasteiger charge is -2.18. The fourth-order valence-electron chi connectivity index (χ4n) is 3.60. The van der Waals surface area contributed by atoms with E-state index in [2.05, 4.69) is 4.99 Å². The number of benzene rings is 3. The number of nitrogens with zero attached hydrogens (tertiary/aromatic N) is 1. The van der Waals surface area contributed by atoms with Crippen LogP contribution in [0.2, 0.25) is 0 Å². The standard InChI is InChI=1S/C25H21NO6S/c1-16-6-9-19(10-7-16)33(27,28)23-14-17-4-3-5-21(29-2)24(17)32-25(23)26-18-8-11-20-22(15-18)31-13-12-30-20/h3-11,14-15H,12-13H2,1-2H3. The first-order valence-electron chi connectivity index (χ1n) is 10.3. The van der Waals surface area contributed by atoms with Gasteiger partial charge in [0.05, 0.1) is 17.7 Å². The summed E-state index contributed by atoms with van der Waals surface area (Å²) in [5.74, 6) is 1.64. The van der Waals surface area contributed by atoms with Crippen LogP contribution < -0.4 is 19.8 Å². The number of aryl methyl sites for hydroxylation is 1. The van der Waals surface area contributed by atoms with Crippen LogP contribution in [0.5, 0.6) is 17.2 Å². The van der Waals surface area contributed by atoms with Gasteiger partial charge in [0.1, 0.15) is 18.1 Å². The average Bonchev–Trinajstić information content (AvgIpc) is 2.83. The summed E-state index contributed by atoms with van der Waals surface area (Å²) in [6.45, 7) is 2.81. The maximum absolute atomic E-state index is 13.6. The van der Waals surface area contributed by atoms with Gasteiger partial charge in [0.15, 0.2) is 22.8 Å². The van der Waals surface area contributed by atoms with Crippen molar-refractivity contribution in [2.24, 2.45) is 4.99 Å². The number of hydrogen-bond donors (Lipinski definition) is 0. The van der Waals surface area contributed by atoms with Gasteiger partial charge in [-0.15, -0.1) is 0 Å². The number of fused-ring (bicyclic) bond motifs is 2. The van der Waals surface area contributed by atoms with Crippen molar-refractivity contribution < 1.29 is 27.0 Å². The van der Waals surface area contributed by atoms with Gasteiger partial charge in [0, 0.05) is 11.5 Å². The highest BCUT2D eigenvalue weighted by Gasteiger charge is 2.23. The van der Waals surface area contributed by atoms with Crippen LogP contribution in [0.15, 0.2) is 85.9 Å². The van der Waals surface area contributed by atoms with Crippen LogP contribution in [-0.2, 0) is 9.84 Å². The molecule has 0 atom stereocenters. The molecule has 0 bridgehead atoms. The molecule has 0 unspecified atom stereocenters. The van der Waals surface area contributed by atoms with E-state index in [1.54, 1.807) is 66.7 Å². The normalized spacial score (nSPS) is 13.8. The van der Waals surface area contributed by atoms with Gasteiger partial charge in [-0.25, -0.2) is 13.4 Å². The molecular formula is C25H21NO6S. The summed E-state index contributed by atoms with van der Waals surface area (Å²) in [4.78, 5) is 4.66. The number of rotatable bonds is 4. The summed E-state index contributed by atoms with van der Waals surface area (Å²) in [7, 11) is -2.39. The first-order chi connectivity index (χ1) is 16.0. The fourth-order valence-corrected chi connectivity index (χ4v) is 4.95. The molecule has 1 aliphatic rings. The Morgan fingerprint density at radius 3 is 2.42 bits per heavy atom. The maximum atomic E-state index is 13.6. The molecule has 4 aromatic rings. The molecule has 3 aromatic carbocycles. The Balaban J connectivity index is 1.77. The fraction of sp³-hybridized carbons (Fsp3) is 0.160. The van der Waals surface area contributed by atoms with Crippen LogP contribution in [0.25, 0.3) is 11.0 Å². The lowest BCUT2D eigenvalue weighted by Crippen LogP contribution is -2.16. The molecule has 0 fully saturated rings. The van der Waals surface area contributed by atoms with Crippen molar-refractivity contribution in [1.29, 1.82) is 0 Å². The predicted molar refractivity (Wildman–Crippen MR) is 122 cm³/mol. The lowest BCUT2D eigenvalue weighted by atomic mass is 10.2. The van der Waals surface area contributed by atoms with Gasteiger partial charge < -0.3 is 18.6 Å². The van der Waals surface area contributed by atoms with Crippen LogP contribution in [0.4, 0.5) is 5.69 Å². The number of sulfone groups is 1. The van der Waals surface area contributed by atoms with Gasteiger partial charge in [-0.2, -0.15) is 0 Å². The van der Waals surface area contributed by atoms with E-state index < -0.39 is 9.84 Å². The second-order valence-electron chi connectivity index (χ2n) is 7.55. The van der Waals surface area contributed by atoms with Gasteiger partial charge in [0.2, 0.25) is 15.4 Å². The van der Waals surface area contributed by atoms with Crippen molar-refractivity contribution in [2.75, 3.05) is 20.3 Å². The van der Waals surface area contributed by atoms with Crippen molar-refractivity contribution in [3.8, 4) is 17.2 Å². The Kier molecular flexibility index (Phi) is 5.30. The van der Waals surface area contributed by atoms with Gasteiger partial charge in [-0.1, -0.05) is 29.8 Å². The second-order valence-corrected chi connectivity index (χ2v) is 9.47. The molecule has 7 nitrogen and oxygen atoms in total. The van der Waals surface area contributed by atoms with E-state index in [0.29, 0.717) is 47.1 Å². The number of ether oxygens (including phenoxy) is 3. The van der Waals surface area contributed by atoms with Crippen LogP contribution in [-0.4, -0.2) is 28.7 Å². The van der Waals surface area contributed by atoms with Crippen molar-refractivity contribution >= 4 is 26.5 Å². The molecule has 8 heteroatoms. The Bertz CT molecular complexity index is 1520. The van der Waals surface area contributed by atoms with E-state index in [9.17, 15) is 8.42 Å². The monoisotopic (exact) mass is 463 g/mol. The van der Waals surface area contributed by atoms with Crippen LogP contribution in [0.3, 0.4) is 0 Å². The highest BCUT2D eigenvalue weighted by molar-refractivity contribution is 7.91. The number of para-hydroxylation sites is 1. The maximum Gasteiger partial charge on any atom is 0.239 e. The first kappa shape index (κ1) is 21.1. The molecule has 0 radical (unpaired) electrons. The van der Waals surface area contributed by atoms with Crippen molar-refractivity contribution in [2.45, 2.75) is 16.7 Å². The third-order valence-electron chi connectivity index (χ3n) is 5.30. The molecule has 1 aromatic heterocycles. The summed E-state index contributed by atoms with van der Waals surface area (Å²) in [6.07, 6.45) is 0. The van der Waals surface area contributed by atoms with Crippen LogP contribution in [0, 0.1) is 6.92 Å². The molecule has 0 N–H and O–H groups in total. The van der Waals surface area contributed by atoms with E-state index in [1.807, 2.05) is 6.92 Å². The van der Waals surface area contributed by atoms with Gasteiger partial charge in [0.25, 0.3) is 0 Å². The quantitative estimate of drug-likeness (QED) is 0.440. The first-order valence-corrected chi connectivity index (χ1v) is 11.8. The number of hydrogen-bond acceptors (Lipinski definition) is 7. The molecule has 0 spiro atoms. The minimum atomic E-state index is -3.92. The van der Waals surface area contributed by atoms with Gasteiger partial charge >= 0.3 is 0 Å². The van der Waals surface area contributed by atoms with Crippen molar-refractivity contribution in [1.82, 2.24) is 0 Å². The van der Waals surface area contributed by atoms with E-state index in [4.69, 9.17) is 18.6 Å². The molecule has 168 valence electrons. The molecule has 1 aliphatic heterocycles. The van der Waals surface area contributed by atoms with Crippen LogP contribution in [0.1, 0.15) is 5.56 Å². The lowest BCUT2D eigenvalue weighted by molar-refractivity contribution is 0.171. The molecule has 0 saturated carbocycles. The Labute approximate surface area is 190 Å². The summed E-state index contributed by atoms with van der Waals surface area (Å²) >= 11 is 0. The predicted octanol–water partition coefficient (Wildman–Crippen LogP) is 4.59. The zero-order valence-corrected chi connectivity index (χ0v) is 18.9. The summed E-state index contributed by atoms with van der Waals surface area (Å²) < 4.78 is 49.8. The molecule has 2 heterocycles. The minimum Gasteiger partial charge on any atom is -0.493 e. The Hall–Kier alpha value is -3.78. The molecule has 0 amide bonds. The Morgan fingerprint density at radius 1 is 0.909 bits per heavy atom. The SMILES string of the molecule is COc1cccc2cc(S(=O)(=O)c3ccc(C)cc3)c(=Nc3ccc4c(c3)OCCO4)oc12. The second kappa shape index (κ2) is 8.29. The van der Waals surface area contributed by atoms with E-state index in [1.165, 1.54) is 7.11 Å². The van der Waals surface area contributed by atoms with Gasteiger partial charge in [-0.3, -0.25) is 0 Å². The highest BCUT2D eigenvalue weighted by atomic mass is 32.2. The number of methoxy groups -OCH3 is 1.